The van der Waals surface area contributed by atoms with Gasteiger partial charge in [-0.3, -0.25) is 9.69 Å². The Morgan fingerprint density at radius 2 is 1.91 bits per heavy atom. The van der Waals surface area contributed by atoms with E-state index >= 15 is 0 Å². The first-order valence-corrected chi connectivity index (χ1v) is 7.14. The van der Waals surface area contributed by atoms with Gasteiger partial charge in [-0.05, 0) is 45.2 Å². The number of anilines is 1. The van der Waals surface area contributed by atoms with Crippen molar-refractivity contribution in [2.24, 2.45) is 0 Å². The van der Waals surface area contributed by atoms with E-state index < -0.39 is 30.8 Å². The van der Waals surface area contributed by atoms with E-state index in [0.717, 1.165) is 4.90 Å². The second-order valence-corrected chi connectivity index (χ2v) is 5.12. The minimum Gasteiger partial charge on any atom is -0.494 e. The van der Waals surface area contributed by atoms with E-state index in [1.54, 1.807) is 24.3 Å². The molecule has 0 aliphatic rings. The fourth-order valence-corrected chi connectivity index (χ4v) is 1.78. The molecule has 1 aromatic rings. The van der Waals surface area contributed by atoms with Crippen molar-refractivity contribution in [1.82, 2.24) is 4.90 Å². The summed E-state index contributed by atoms with van der Waals surface area (Å²) in [5.41, 5.74) is 0.509. The molecule has 0 bridgehead atoms. The SMILES string of the molecule is CCOc1ccc(NC(=O)C(C)N(C)CC(O)C(F)(F)F)cc1. The number of hydrogen-bond acceptors (Lipinski definition) is 4. The number of hydrogen-bond donors (Lipinski definition) is 2. The zero-order chi connectivity index (χ0) is 17.6. The highest BCUT2D eigenvalue weighted by molar-refractivity contribution is 5.94. The van der Waals surface area contributed by atoms with Gasteiger partial charge in [-0.15, -0.1) is 0 Å². The Morgan fingerprint density at radius 3 is 2.39 bits per heavy atom. The molecule has 2 N–H and O–H groups in total. The average molecular weight is 334 g/mol. The minimum absolute atomic E-state index is 0.467. The van der Waals surface area contributed by atoms with Crippen molar-refractivity contribution in [3.63, 3.8) is 0 Å². The van der Waals surface area contributed by atoms with Crippen LogP contribution in [0.5, 0.6) is 5.75 Å². The summed E-state index contributed by atoms with van der Waals surface area (Å²) in [7, 11) is 1.34. The maximum absolute atomic E-state index is 12.3. The molecule has 1 aromatic carbocycles. The number of aliphatic hydroxyl groups excluding tert-OH is 1. The number of benzene rings is 1. The van der Waals surface area contributed by atoms with Gasteiger partial charge in [0.1, 0.15) is 5.75 Å². The average Bonchev–Trinajstić information content (AvgIpc) is 2.47. The van der Waals surface area contributed by atoms with Crippen LogP contribution in [-0.4, -0.2) is 54.4 Å². The number of ether oxygens (including phenoxy) is 1. The molecule has 0 aromatic heterocycles. The highest BCUT2D eigenvalue weighted by Gasteiger charge is 2.39. The Morgan fingerprint density at radius 1 is 1.35 bits per heavy atom. The van der Waals surface area contributed by atoms with Crippen molar-refractivity contribution >= 4 is 11.6 Å². The zero-order valence-corrected chi connectivity index (χ0v) is 13.2. The maximum Gasteiger partial charge on any atom is 0.415 e. The number of carbonyl (C=O) groups is 1. The lowest BCUT2D eigenvalue weighted by molar-refractivity contribution is -0.208. The van der Waals surface area contributed by atoms with Crippen molar-refractivity contribution in [3.8, 4) is 5.75 Å². The second kappa shape index (κ2) is 8.16. The van der Waals surface area contributed by atoms with Gasteiger partial charge >= 0.3 is 6.18 Å². The van der Waals surface area contributed by atoms with E-state index in [1.807, 2.05) is 6.92 Å². The van der Waals surface area contributed by atoms with Crippen LogP contribution in [0.3, 0.4) is 0 Å². The van der Waals surface area contributed by atoms with Crippen LogP contribution in [0.15, 0.2) is 24.3 Å². The Bertz CT molecular complexity index is 506. The normalized spacial score (nSPS) is 14.4. The summed E-state index contributed by atoms with van der Waals surface area (Å²) < 4.78 is 42.3. The molecule has 23 heavy (non-hydrogen) atoms. The molecular weight excluding hydrogens is 313 g/mol. The van der Waals surface area contributed by atoms with E-state index in [4.69, 9.17) is 9.84 Å². The number of rotatable bonds is 7. The topological polar surface area (TPSA) is 61.8 Å². The first kappa shape index (κ1) is 19.2. The molecule has 0 saturated carbocycles. The second-order valence-electron chi connectivity index (χ2n) is 5.12. The van der Waals surface area contributed by atoms with E-state index in [2.05, 4.69) is 5.32 Å². The number of likely N-dealkylation sites (N-methyl/N-ethyl adjacent to an activating group) is 1. The van der Waals surface area contributed by atoms with Gasteiger partial charge in [0.25, 0.3) is 0 Å². The lowest BCUT2D eigenvalue weighted by atomic mass is 10.2. The summed E-state index contributed by atoms with van der Waals surface area (Å²) in [5, 5.41) is 11.7. The van der Waals surface area contributed by atoms with Gasteiger partial charge in [-0.1, -0.05) is 0 Å². The van der Waals surface area contributed by atoms with Crippen LogP contribution in [0.4, 0.5) is 18.9 Å². The van der Waals surface area contributed by atoms with Gasteiger partial charge in [-0.2, -0.15) is 13.2 Å². The van der Waals surface area contributed by atoms with Crippen molar-refractivity contribution in [2.75, 3.05) is 25.5 Å². The highest BCUT2D eigenvalue weighted by Crippen LogP contribution is 2.21. The maximum atomic E-state index is 12.3. The van der Waals surface area contributed by atoms with Crippen LogP contribution in [0.2, 0.25) is 0 Å². The fraction of sp³-hybridized carbons (Fsp3) is 0.533. The summed E-state index contributed by atoms with van der Waals surface area (Å²) >= 11 is 0. The number of amides is 1. The molecule has 0 fully saturated rings. The van der Waals surface area contributed by atoms with Crippen molar-refractivity contribution < 1.29 is 27.8 Å². The van der Waals surface area contributed by atoms with Gasteiger partial charge in [0.2, 0.25) is 5.91 Å². The standard InChI is InChI=1S/C15H21F3N2O3/c1-4-23-12-7-5-11(6-8-12)19-14(22)10(2)20(3)9-13(21)15(16,17)18/h5-8,10,13,21H,4,9H2,1-3H3,(H,19,22). The summed E-state index contributed by atoms with van der Waals surface area (Å²) in [6.45, 7) is 3.16. The predicted octanol–water partition coefficient (Wildman–Crippen LogP) is 2.27. The monoisotopic (exact) mass is 334 g/mol. The van der Waals surface area contributed by atoms with Gasteiger partial charge in [-0.25, -0.2) is 0 Å². The largest absolute Gasteiger partial charge is 0.494 e. The molecule has 0 aliphatic heterocycles. The molecule has 2 atom stereocenters. The lowest BCUT2D eigenvalue weighted by Crippen LogP contribution is -2.46. The summed E-state index contributed by atoms with van der Waals surface area (Å²) in [6, 6.07) is 5.81. The first-order chi connectivity index (χ1) is 10.6. The number of carbonyl (C=O) groups excluding carboxylic acids is 1. The van der Waals surface area contributed by atoms with Crippen molar-refractivity contribution in [3.05, 3.63) is 24.3 Å². The highest BCUT2D eigenvalue weighted by atomic mass is 19.4. The Labute approximate surface area is 133 Å². The quantitative estimate of drug-likeness (QED) is 0.803. The third kappa shape index (κ3) is 6.07. The number of nitrogens with one attached hydrogen (secondary N) is 1. The minimum atomic E-state index is -4.71. The number of halogens is 3. The first-order valence-electron chi connectivity index (χ1n) is 7.14. The van der Waals surface area contributed by atoms with Crippen LogP contribution in [-0.2, 0) is 4.79 Å². The zero-order valence-electron chi connectivity index (χ0n) is 13.2. The fourth-order valence-electron chi connectivity index (χ4n) is 1.78. The Balaban J connectivity index is 2.59. The van der Waals surface area contributed by atoms with Crippen molar-refractivity contribution in [1.29, 1.82) is 0 Å². The van der Waals surface area contributed by atoms with E-state index in [-0.39, 0.29) is 0 Å². The molecule has 1 rings (SSSR count). The smallest absolute Gasteiger partial charge is 0.415 e. The number of aliphatic hydroxyl groups is 1. The van der Waals surface area contributed by atoms with Crippen LogP contribution in [0.1, 0.15) is 13.8 Å². The van der Waals surface area contributed by atoms with E-state index in [1.165, 1.54) is 14.0 Å². The Hall–Kier alpha value is -1.80. The number of alkyl halides is 3. The van der Waals surface area contributed by atoms with Gasteiger partial charge in [0.15, 0.2) is 6.10 Å². The molecule has 8 heteroatoms. The van der Waals surface area contributed by atoms with Gasteiger partial charge in [0.05, 0.1) is 12.6 Å². The van der Waals surface area contributed by atoms with E-state index in [9.17, 15) is 18.0 Å². The number of nitrogens with zero attached hydrogens (tertiary/aromatic N) is 1. The molecule has 0 heterocycles. The summed E-state index contributed by atoms with van der Waals surface area (Å²) in [4.78, 5) is 13.2. The molecule has 130 valence electrons. The van der Waals surface area contributed by atoms with Gasteiger partial charge < -0.3 is 15.2 Å². The Kier molecular flexibility index (Phi) is 6.83. The third-order valence-corrected chi connectivity index (χ3v) is 3.31. The third-order valence-electron chi connectivity index (χ3n) is 3.31. The van der Waals surface area contributed by atoms with Crippen LogP contribution < -0.4 is 10.1 Å². The molecule has 5 nitrogen and oxygen atoms in total. The molecule has 0 spiro atoms. The van der Waals surface area contributed by atoms with E-state index in [0.29, 0.717) is 18.0 Å². The molecular formula is C15H21F3N2O3. The molecule has 0 radical (unpaired) electrons. The van der Waals surface area contributed by atoms with Crippen molar-refractivity contribution in [2.45, 2.75) is 32.2 Å². The molecule has 0 aliphatic carbocycles. The van der Waals surface area contributed by atoms with Crippen LogP contribution in [0, 0.1) is 0 Å². The summed E-state index contributed by atoms with van der Waals surface area (Å²) in [6.07, 6.45) is -7.20. The molecule has 2 unspecified atom stereocenters. The molecule has 1 amide bonds. The van der Waals surface area contributed by atoms with Gasteiger partial charge in [0, 0.05) is 12.2 Å². The predicted molar refractivity (Wildman–Crippen MR) is 80.4 cm³/mol. The van der Waals surface area contributed by atoms with Crippen LogP contribution in [0.25, 0.3) is 0 Å². The summed E-state index contributed by atoms with van der Waals surface area (Å²) in [5.74, 6) is 0.190. The molecule has 0 saturated heterocycles. The van der Waals surface area contributed by atoms with Crippen LogP contribution >= 0.6 is 0 Å². The lowest BCUT2D eigenvalue weighted by Gasteiger charge is -2.27.